The predicted molar refractivity (Wildman–Crippen MR) is 111 cm³/mol. The van der Waals surface area contributed by atoms with Crippen LogP contribution in [-0.4, -0.2) is 36.3 Å². The van der Waals surface area contributed by atoms with Crippen molar-refractivity contribution in [3.63, 3.8) is 0 Å². The Bertz CT molecular complexity index is 783. The standard InChI is InChI=1S/C22H29N3O2/c1-5-25(6-2)22(27)17-10-9-11-18(14-17)23-15-21(26)24-20-13-8-7-12-19(20)16(3)4/h7-14,16,23H,5-6,15H2,1-4H3,(H,24,26). The summed E-state index contributed by atoms with van der Waals surface area (Å²) in [6.07, 6.45) is 0. The van der Waals surface area contributed by atoms with Crippen molar-refractivity contribution in [2.45, 2.75) is 33.6 Å². The number of nitrogens with one attached hydrogen (secondary N) is 2. The number of benzene rings is 2. The molecule has 0 aromatic heterocycles. The molecule has 0 saturated heterocycles. The van der Waals surface area contributed by atoms with Crippen molar-refractivity contribution < 1.29 is 9.59 Å². The second-order valence-electron chi connectivity index (χ2n) is 6.70. The van der Waals surface area contributed by atoms with Crippen LogP contribution in [0.3, 0.4) is 0 Å². The Morgan fingerprint density at radius 1 is 1.00 bits per heavy atom. The molecule has 0 spiro atoms. The van der Waals surface area contributed by atoms with Gasteiger partial charge in [-0.3, -0.25) is 9.59 Å². The highest BCUT2D eigenvalue weighted by Crippen LogP contribution is 2.23. The third-order valence-electron chi connectivity index (χ3n) is 4.47. The molecule has 5 nitrogen and oxygen atoms in total. The van der Waals surface area contributed by atoms with Crippen molar-refractivity contribution in [1.29, 1.82) is 0 Å². The molecule has 0 radical (unpaired) electrons. The van der Waals surface area contributed by atoms with Gasteiger partial charge in [0.05, 0.1) is 6.54 Å². The fraction of sp³-hybridized carbons (Fsp3) is 0.364. The number of para-hydroxylation sites is 1. The number of carbonyl (C=O) groups is 2. The lowest BCUT2D eigenvalue weighted by molar-refractivity contribution is -0.114. The quantitative estimate of drug-likeness (QED) is 0.729. The van der Waals surface area contributed by atoms with E-state index >= 15 is 0 Å². The zero-order valence-corrected chi connectivity index (χ0v) is 16.6. The van der Waals surface area contributed by atoms with E-state index in [-0.39, 0.29) is 18.4 Å². The molecule has 0 bridgehead atoms. The van der Waals surface area contributed by atoms with E-state index in [9.17, 15) is 9.59 Å². The van der Waals surface area contributed by atoms with Gasteiger partial charge >= 0.3 is 0 Å². The average Bonchev–Trinajstić information content (AvgIpc) is 2.67. The van der Waals surface area contributed by atoms with Gasteiger partial charge in [0, 0.05) is 30.0 Å². The molecule has 5 heteroatoms. The van der Waals surface area contributed by atoms with Crippen LogP contribution in [0.5, 0.6) is 0 Å². The topological polar surface area (TPSA) is 61.4 Å². The summed E-state index contributed by atoms with van der Waals surface area (Å²) < 4.78 is 0. The van der Waals surface area contributed by atoms with Crippen molar-refractivity contribution in [3.8, 4) is 0 Å². The molecule has 0 unspecified atom stereocenters. The van der Waals surface area contributed by atoms with Crippen LogP contribution in [0.4, 0.5) is 11.4 Å². The highest BCUT2D eigenvalue weighted by Gasteiger charge is 2.13. The van der Waals surface area contributed by atoms with E-state index in [4.69, 9.17) is 0 Å². The summed E-state index contributed by atoms with van der Waals surface area (Å²) in [6.45, 7) is 9.60. The van der Waals surface area contributed by atoms with Crippen molar-refractivity contribution in [3.05, 3.63) is 59.7 Å². The SMILES string of the molecule is CCN(CC)C(=O)c1cccc(NCC(=O)Nc2ccccc2C(C)C)c1. The zero-order chi connectivity index (χ0) is 19.8. The summed E-state index contributed by atoms with van der Waals surface area (Å²) in [6, 6.07) is 15.1. The molecule has 2 aromatic rings. The highest BCUT2D eigenvalue weighted by atomic mass is 16.2. The van der Waals surface area contributed by atoms with E-state index < -0.39 is 0 Å². The molecule has 0 aliphatic carbocycles. The monoisotopic (exact) mass is 367 g/mol. The second kappa shape index (κ2) is 9.76. The number of anilines is 2. The summed E-state index contributed by atoms with van der Waals surface area (Å²) >= 11 is 0. The first-order chi connectivity index (χ1) is 13.0. The number of carbonyl (C=O) groups excluding carboxylic acids is 2. The Kier molecular flexibility index (Phi) is 7.41. The summed E-state index contributed by atoms with van der Waals surface area (Å²) in [4.78, 5) is 26.6. The van der Waals surface area contributed by atoms with E-state index in [1.54, 1.807) is 17.0 Å². The second-order valence-corrected chi connectivity index (χ2v) is 6.70. The molecule has 2 N–H and O–H groups in total. The van der Waals surface area contributed by atoms with E-state index in [0.717, 1.165) is 16.9 Å². The normalized spacial score (nSPS) is 10.6. The van der Waals surface area contributed by atoms with Gasteiger partial charge in [0.2, 0.25) is 5.91 Å². The van der Waals surface area contributed by atoms with E-state index in [2.05, 4.69) is 24.5 Å². The summed E-state index contributed by atoms with van der Waals surface area (Å²) in [5, 5.41) is 6.06. The van der Waals surface area contributed by atoms with E-state index in [1.165, 1.54) is 0 Å². The summed E-state index contributed by atoms with van der Waals surface area (Å²) in [5.41, 5.74) is 3.32. The van der Waals surface area contributed by atoms with Crippen LogP contribution in [0.25, 0.3) is 0 Å². The molecule has 0 aliphatic rings. The number of amides is 2. The van der Waals surface area contributed by atoms with Gasteiger partial charge in [-0.25, -0.2) is 0 Å². The minimum Gasteiger partial charge on any atom is -0.376 e. The first-order valence-electron chi connectivity index (χ1n) is 9.48. The maximum Gasteiger partial charge on any atom is 0.253 e. The van der Waals surface area contributed by atoms with Gasteiger partial charge < -0.3 is 15.5 Å². The van der Waals surface area contributed by atoms with Crippen LogP contribution in [0, 0.1) is 0 Å². The predicted octanol–water partition coefficient (Wildman–Crippen LogP) is 4.34. The van der Waals surface area contributed by atoms with Crippen molar-refractivity contribution in [2.24, 2.45) is 0 Å². The van der Waals surface area contributed by atoms with Crippen LogP contribution in [-0.2, 0) is 4.79 Å². The van der Waals surface area contributed by atoms with E-state index in [0.29, 0.717) is 24.6 Å². The van der Waals surface area contributed by atoms with Gasteiger partial charge in [0.1, 0.15) is 0 Å². The number of hydrogen-bond acceptors (Lipinski definition) is 3. The van der Waals surface area contributed by atoms with Crippen molar-refractivity contribution in [2.75, 3.05) is 30.3 Å². The molecule has 0 heterocycles. The fourth-order valence-corrected chi connectivity index (χ4v) is 2.95. The molecule has 0 aliphatic heterocycles. The zero-order valence-electron chi connectivity index (χ0n) is 16.6. The number of hydrogen-bond donors (Lipinski definition) is 2. The highest BCUT2D eigenvalue weighted by molar-refractivity contribution is 5.96. The van der Waals surface area contributed by atoms with Crippen LogP contribution >= 0.6 is 0 Å². The molecule has 0 atom stereocenters. The number of nitrogens with zero attached hydrogens (tertiary/aromatic N) is 1. The minimum atomic E-state index is -0.122. The van der Waals surface area contributed by atoms with Gasteiger partial charge in [-0.05, 0) is 49.6 Å². The van der Waals surface area contributed by atoms with Crippen LogP contribution in [0.2, 0.25) is 0 Å². The molecule has 2 aromatic carbocycles. The molecule has 144 valence electrons. The third kappa shape index (κ3) is 5.58. The lowest BCUT2D eigenvalue weighted by Gasteiger charge is -2.19. The van der Waals surface area contributed by atoms with Gasteiger partial charge in [0.15, 0.2) is 0 Å². The maximum atomic E-state index is 12.5. The molecule has 2 amide bonds. The first kappa shape index (κ1) is 20.5. The number of rotatable bonds is 8. The van der Waals surface area contributed by atoms with Crippen LogP contribution < -0.4 is 10.6 Å². The fourth-order valence-electron chi connectivity index (χ4n) is 2.95. The maximum absolute atomic E-state index is 12.5. The smallest absolute Gasteiger partial charge is 0.253 e. The Morgan fingerprint density at radius 3 is 2.37 bits per heavy atom. The Morgan fingerprint density at radius 2 is 1.70 bits per heavy atom. The molecule has 0 saturated carbocycles. The molecule has 27 heavy (non-hydrogen) atoms. The van der Waals surface area contributed by atoms with Gasteiger partial charge in [-0.15, -0.1) is 0 Å². The van der Waals surface area contributed by atoms with Crippen molar-refractivity contribution >= 4 is 23.2 Å². The van der Waals surface area contributed by atoms with Gasteiger partial charge in [0.25, 0.3) is 5.91 Å². The van der Waals surface area contributed by atoms with Crippen LogP contribution in [0.15, 0.2) is 48.5 Å². The Labute approximate surface area is 161 Å². The van der Waals surface area contributed by atoms with Gasteiger partial charge in [-0.1, -0.05) is 38.1 Å². The summed E-state index contributed by atoms with van der Waals surface area (Å²) in [5.74, 6) is 0.208. The lowest BCUT2D eigenvalue weighted by atomic mass is 10.0. The third-order valence-corrected chi connectivity index (χ3v) is 4.47. The minimum absolute atomic E-state index is 0.000961. The van der Waals surface area contributed by atoms with Gasteiger partial charge in [-0.2, -0.15) is 0 Å². The van der Waals surface area contributed by atoms with Crippen LogP contribution in [0.1, 0.15) is 49.5 Å². The molecular weight excluding hydrogens is 338 g/mol. The summed E-state index contributed by atoms with van der Waals surface area (Å²) in [7, 11) is 0. The Hall–Kier alpha value is -2.82. The molecular formula is C22H29N3O2. The van der Waals surface area contributed by atoms with E-state index in [1.807, 2.05) is 50.2 Å². The molecule has 2 rings (SSSR count). The largest absolute Gasteiger partial charge is 0.376 e. The lowest BCUT2D eigenvalue weighted by Crippen LogP contribution is -2.30. The molecule has 0 fully saturated rings. The average molecular weight is 367 g/mol. The van der Waals surface area contributed by atoms with Crippen molar-refractivity contribution in [1.82, 2.24) is 4.90 Å². The first-order valence-corrected chi connectivity index (χ1v) is 9.48. The Balaban J connectivity index is 2.00.